The Morgan fingerprint density at radius 1 is 1.11 bits per heavy atom. The van der Waals surface area contributed by atoms with E-state index in [-0.39, 0.29) is 17.4 Å². The zero-order valence-electron chi connectivity index (χ0n) is 21.4. The van der Waals surface area contributed by atoms with Crippen molar-refractivity contribution < 1.29 is 19.4 Å². The van der Waals surface area contributed by atoms with Gasteiger partial charge < -0.3 is 19.6 Å². The number of fused-ring (bicyclic) bond motifs is 1. The molecule has 1 saturated heterocycles. The van der Waals surface area contributed by atoms with E-state index >= 15 is 0 Å². The van der Waals surface area contributed by atoms with Gasteiger partial charge >= 0.3 is 0 Å². The van der Waals surface area contributed by atoms with Crippen LogP contribution in [-0.2, 0) is 16.0 Å². The molecular formula is C29H36N2O4. The molecule has 0 aliphatic carbocycles. The van der Waals surface area contributed by atoms with Crippen LogP contribution in [0.15, 0.2) is 48.0 Å². The zero-order chi connectivity index (χ0) is 25.3. The number of ether oxygens (including phenoxy) is 1. The zero-order valence-corrected chi connectivity index (χ0v) is 21.4. The maximum Gasteiger partial charge on any atom is 0.295 e. The van der Waals surface area contributed by atoms with Gasteiger partial charge in [0.15, 0.2) is 0 Å². The summed E-state index contributed by atoms with van der Waals surface area (Å²) in [7, 11) is 0. The highest BCUT2D eigenvalue weighted by atomic mass is 16.5. The predicted octanol–water partition coefficient (Wildman–Crippen LogP) is 4.90. The Morgan fingerprint density at radius 3 is 2.43 bits per heavy atom. The van der Waals surface area contributed by atoms with Gasteiger partial charge in [-0.2, -0.15) is 0 Å². The van der Waals surface area contributed by atoms with Gasteiger partial charge in [0.1, 0.15) is 17.6 Å². The van der Waals surface area contributed by atoms with Crippen LogP contribution in [0.5, 0.6) is 5.75 Å². The second-order valence-electron chi connectivity index (χ2n) is 9.80. The molecule has 0 spiro atoms. The summed E-state index contributed by atoms with van der Waals surface area (Å²) in [6, 6.07) is 12.9. The van der Waals surface area contributed by atoms with Crippen molar-refractivity contribution in [1.82, 2.24) is 9.80 Å². The van der Waals surface area contributed by atoms with Crippen LogP contribution in [0.4, 0.5) is 0 Å². The van der Waals surface area contributed by atoms with E-state index in [2.05, 4.69) is 32.6 Å². The van der Waals surface area contributed by atoms with Crippen LogP contribution in [0.3, 0.4) is 0 Å². The lowest BCUT2D eigenvalue weighted by Gasteiger charge is -2.28. The minimum atomic E-state index is -0.634. The maximum atomic E-state index is 13.3. The van der Waals surface area contributed by atoms with Crippen molar-refractivity contribution in [1.29, 1.82) is 0 Å². The third-order valence-electron chi connectivity index (χ3n) is 7.18. The highest BCUT2D eigenvalue weighted by Gasteiger charge is 2.46. The van der Waals surface area contributed by atoms with Crippen molar-refractivity contribution in [3.8, 4) is 5.75 Å². The SMILES string of the molecule is CCN(CC)CCN1C(=O)C(=O)C(=C(O)c2ccc3c(c2)C[C@@H](C)O3)[C@H]1c1ccc(C(C)C)cc1. The number of benzene rings is 2. The number of likely N-dealkylation sites (tertiary alicyclic amines) is 1. The summed E-state index contributed by atoms with van der Waals surface area (Å²) in [5.74, 6) is -0.155. The number of likely N-dealkylation sites (N-methyl/N-ethyl adjacent to an activating group) is 1. The van der Waals surface area contributed by atoms with Gasteiger partial charge in [-0.05, 0) is 60.8 Å². The summed E-state index contributed by atoms with van der Waals surface area (Å²) in [5.41, 5.74) is 3.69. The van der Waals surface area contributed by atoms with Gasteiger partial charge in [-0.1, -0.05) is 52.0 Å². The quantitative estimate of drug-likeness (QED) is 0.334. The van der Waals surface area contributed by atoms with Crippen molar-refractivity contribution in [2.45, 2.75) is 59.1 Å². The number of nitrogens with zero attached hydrogens (tertiary/aromatic N) is 2. The fourth-order valence-electron chi connectivity index (χ4n) is 5.03. The summed E-state index contributed by atoms with van der Waals surface area (Å²) in [6.07, 6.45) is 0.821. The molecule has 2 heterocycles. The number of Topliss-reactive ketones (excluding diaryl/α,β-unsaturated/α-hetero) is 1. The molecule has 0 radical (unpaired) electrons. The largest absolute Gasteiger partial charge is 0.507 e. The molecule has 0 unspecified atom stereocenters. The summed E-state index contributed by atoms with van der Waals surface area (Å²) in [4.78, 5) is 30.4. The van der Waals surface area contributed by atoms with E-state index in [1.807, 2.05) is 43.3 Å². The Hall–Kier alpha value is -3.12. The molecule has 0 aromatic heterocycles. The molecule has 2 aliphatic heterocycles. The number of aliphatic hydroxyl groups excluding tert-OH is 1. The van der Waals surface area contributed by atoms with Crippen molar-refractivity contribution in [3.05, 3.63) is 70.3 Å². The smallest absolute Gasteiger partial charge is 0.295 e. The molecule has 2 aliphatic rings. The monoisotopic (exact) mass is 476 g/mol. The first-order valence-corrected chi connectivity index (χ1v) is 12.7. The molecule has 2 aromatic carbocycles. The normalized spacial score (nSPS) is 21.2. The highest BCUT2D eigenvalue weighted by Crippen LogP contribution is 2.40. The van der Waals surface area contributed by atoms with Crippen molar-refractivity contribution in [3.63, 3.8) is 0 Å². The number of carbonyl (C=O) groups excluding carboxylic acids is 2. The molecular weight excluding hydrogens is 440 g/mol. The minimum Gasteiger partial charge on any atom is -0.507 e. The lowest BCUT2D eigenvalue weighted by atomic mass is 9.92. The second kappa shape index (κ2) is 10.2. The van der Waals surface area contributed by atoms with E-state index in [4.69, 9.17) is 4.74 Å². The summed E-state index contributed by atoms with van der Waals surface area (Å²) in [6.45, 7) is 13.2. The average Bonchev–Trinajstić information content (AvgIpc) is 3.35. The topological polar surface area (TPSA) is 70.1 Å². The standard InChI is InChI=1S/C29H36N2O4/c1-6-30(7-2)14-15-31-26(21-10-8-20(9-11-21)18(3)4)25(28(33)29(31)34)27(32)22-12-13-24-23(17-22)16-19(5)35-24/h8-13,17-19,26,32H,6-7,14-16H2,1-5H3/t19-,26-/m1/s1. The van der Waals surface area contributed by atoms with Crippen LogP contribution < -0.4 is 4.74 Å². The minimum absolute atomic E-state index is 0.0764. The number of rotatable bonds is 8. The van der Waals surface area contributed by atoms with E-state index in [9.17, 15) is 14.7 Å². The summed E-state index contributed by atoms with van der Waals surface area (Å²) < 4.78 is 5.79. The van der Waals surface area contributed by atoms with E-state index in [0.29, 0.717) is 24.6 Å². The Labute approximate surface area is 208 Å². The van der Waals surface area contributed by atoms with E-state index in [1.165, 1.54) is 5.56 Å². The predicted molar refractivity (Wildman–Crippen MR) is 138 cm³/mol. The van der Waals surface area contributed by atoms with Gasteiger partial charge in [-0.25, -0.2) is 0 Å². The Kier molecular flexibility index (Phi) is 7.31. The lowest BCUT2D eigenvalue weighted by molar-refractivity contribution is -0.140. The molecule has 4 rings (SSSR count). The maximum absolute atomic E-state index is 13.3. The number of hydrogen-bond acceptors (Lipinski definition) is 5. The van der Waals surface area contributed by atoms with Crippen LogP contribution in [0.2, 0.25) is 0 Å². The molecule has 0 bridgehead atoms. The first kappa shape index (κ1) is 25.0. The molecule has 2 aromatic rings. The van der Waals surface area contributed by atoms with Crippen molar-refractivity contribution in [2.24, 2.45) is 0 Å². The first-order valence-electron chi connectivity index (χ1n) is 12.7. The molecule has 0 saturated carbocycles. The van der Waals surface area contributed by atoms with Crippen LogP contribution >= 0.6 is 0 Å². The van der Waals surface area contributed by atoms with Crippen LogP contribution in [0, 0.1) is 0 Å². The van der Waals surface area contributed by atoms with E-state index in [1.54, 1.807) is 11.0 Å². The fraction of sp³-hybridized carbons (Fsp3) is 0.448. The van der Waals surface area contributed by atoms with E-state index in [0.717, 1.165) is 36.4 Å². The Balaban J connectivity index is 1.78. The third-order valence-corrected chi connectivity index (χ3v) is 7.18. The molecule has 2 atom stereocenters. The van der Waals surface area contributed by atoms with Crippen LogP contribution in [0.1, 0.15) is 68.8 Å². The second-order valence-corrected chi connectivity index (χ2v) is 9.80. The number of ketones is 1. The first-order chi connectivity index (χ1) is 16.7. The summed E-state index contributed by atoms with van der Waals surface area (Å²) in [5, 5.41) is 11.4. The molecule has 1 N–H and O–H groups in total. The Morgan fingerprint density at radius 2 is 1.80 bits per heavy atom. The molecule has 35 heavy (non-hydrogen) atoms. The molecule has 1 amide bonds. The third kappa shape index (κ3) is 4.85. The fourth-order valence-corrected chi connectivity index (χ4v) is 5.03. The number of carbonyl (C=O) groups is 2. The number of amides is 1. The molecule has 6 nitrogen and oxygen atoms in total. The van der Waals surface area contributed by atoms with Crippen LogP contribution in [0.25, 0.3) is 5.76 Å². The van der Waals surface area contributed by atoms with Gasteiger partial charge in [-0.15, -0.1) is 0 Å². The van der Waals surface area contributed by atoms with Gasteiger partial charge in [0, 0.05) is 25.1 Å². The summed E-state index contributed by atoms with van der Waals surface area (Å²) >= 11 is 0. The Bertz CT molecular complexity index is 1130. The lowest BCUT2D eigenvalue weighted by Crippen LogP contribution is -2.38. The van der Waals surface area contributed by atoms with Gasteiger partial charge in [0.25, 0.3) is 11.7 Å². The molecule has 6 heteroatoms. The van der Waals surface area contributed by atoms with Gasteiger partial charge in [0.05, 0.1) is 11.6 Å². The highest BCUT2D eigenvalue weighted by molar-refractivity contribution is 6.46. The average molecular weight is 477 g/mol. The van der Waals surface area contributed by atoms with Crippen LogP contribution in [-0.4, -0.2) is 58.9 Å². The number of aliphatic hydroxyl groups is 1. The van der Waals surface area contributed by atoms with Crippen molar-refractivity contribution in [2.75, 3.05) is 26.2 Å². The van der Waals surface area contributed by atoms with Crippen molar-refractivity contribution >= 4 is 17.4 Å². The van der Waals surface area contributed by atoms with Gasteiger partial charge in [0.2, 0.25) is 0 Å². The number of hydrogen-bond donors (Lipinski definition) is 1. The molecule has 1 fully saturated rings. The molecule has 186 valence electrons. The van der Waals surface area contributed by atoms with Gasteiger partial charge in [-0.3, -0.25) is 9.59 Å². The van der Waals surface area contributed by atoms with E-state index < -0.39 is 17.7 Å².